The number of hydrogen-bond acceptors (Lipinski definition) is 6. The molecule has 0 amide bonds. The van der Waals surface area contributed by atoms with Crippen LogP contribution >= 0.6 is 0 Å². The molecule has 0 fully saturated rings. The van der Waals surface area contributed by atoms with Crippen LogP contribution in [0.2, 0.25) is 0 Å². The summed E-state index contributed by atoms with van der Waals surface area (Å²) in [7, 11) is -4.02. The van der Waals surface area contributed by atoms with Crippen LogP contribution in [0.5, 0.6) is 0 Å². The number of sulfonamides is 1. The number of carboxylic acid groups (broad SMARTS) is 1. The van der Waals surface area contributed by atoms with Crippen molar-refractivity contribution in [2.45, 2.75) is 11.8 Å². The maximum atomic E-state index is 12.9. The second-order valence-corrected chi connectivity index (χ2v) is 8.22. The highest BCUT2D eigenvalue weighted by Gasteiger charge is 2.19. The molecule has 2 N–H and O–H groups in total. The van der Waals surface area contributed by atoms with E-state index in [2.05, 4.69) is 19.7 Å². The van der Waals surface area contributed by atoms with Gasteiger partial charge in [0, 0.05) is 17.8 Å². The van der Waals surface area contributed by atoms with Crippen molar-refractivity contribution in [3.63, 3.8) is 0 Å². The van der Waals surface area contributed by atoms with Crippen LogP contribution in [-0.4, -0.2) is 34.4 Å². The number of aryl methyl sites for hydroxylation is 1. The van der Waals surface area contributed by atoms with Gasteiger partial charge in [-0.3, -0.25) is 14.7 Å². The summed E-state index contributed by atoms with van der Waals surface area (Å²) in [6.45, 7) is 1.89. The summed E-state index contributed by atoms with van der Waals surface area (Å²) in [4.78, 5) is 24.0. The molecule has 0 saturated carbocycles. The van der Waals surface area contributed by atoms with Gasteiger partial charge in [-0.25, -0.2) is 18.2 Å². The van der Waals surface area contributed by atoms with E-state index < -0.39 is 16.0 Å². The van der Waals surface area contributed by atoms with Crippen molar-refractivity contribution in [2.75, 3.05) is 4.72 Å². The Morgan fingerprint density at radius 2 is 1.70 bits per heavy atom. The average Bonchev–Trinajstić information content (AvgIpc) is 2.74. The smallest absolute Gasteiger partial charge is 0.335 e. The summed E-state index contributed by atoms with van der Waals surface area (Å²) in [5.74, 6) is -1.07. The predicted octanol–water partition coefficient (Wildman–Crippen LogP) is 3.50. The minimum atomic E-state index is -4.02. The Hall–Kier alpha value is -3.85. The number of nitrogens with one attached hydrogen (secondary N) is 1. The molecular formula is C21H16N4O4S. The van der Waals surface area contributed by atoms with Gasteiger partial charge in [0.2, 0.25) is 0 Å². The maximum Gasteiger partial charge on any atom is 0.335 e. The van der Waals surface area contributed by atoms with Crippen LogP contribution in [0.4, 0.5) is 5.82 Å². The van der Waals surface area contributed by atoms with Crippen molar-refractivity contribution in [1.29, 1.82) is 0 Å². The quantitative estimate of drug-likeness (QED) is 0.507. The van der Waals surface area contributed by atoms with Gasteiger partial charge in [-0.1, -0.05) is 12.1 Å². The van der Waals surface area contributed by atoms with E-state index in [1.165, 1.54) is 24.3 Å². The number of hydrogen-bond donors (Lipinski definition) is 2. The molecule has 0 atom stereocenters. The lowest BCUT2D eigenvalue weighted by Crippen LogP contribution is -2.15. The van der Waals surface area contributed by atoms with Gasteiger partial charge >= 0.3 is 5.97 Å². The van der Waals surface area contributed by atoms with E-state index in [0.29, 0.717) is 22.3 Å². The van der Waals surface area contributed by atoms with Gasteiger partial charge in [0.05, 0.1) is 21.8 Å². The zero-order valence-corrected chi connectivity index (χ0v) is 16.6. The molecule has 4 rings (SSSR count). The van der Waals surface area contributed by atoms with Crippen LogP contribution in [0.3, 0.4) is 0 Å². The van der Waals surface area contributed by atoms with Crippen molar-refractivity contribution in [3.05, 3.63) is 78.1 Å². The summed E-state index contributed by atoms with van der Waals surface area (Å²) < 4.78 is 28.3. The third-order valence-electron chi connectivity index (χ3n) is 4.48. The van der Waals surface area contributed by atoms with Gasteiger partial charge in [0.25, 0.3) is 10.0 Å². The van der Waals surface area contributed by atoms with Crippen LogP contribution in [0, 0.1) is 6.92 Å². The summed E-state index contributed by atoms with van der Waals surface area (Å²) in [6, 6.07) is 14.0. The molecule has 0 saturated heterocycles. The van der Waals surface area contributed by atoms with E-state index >= 15 is 0 Å². The number of benzene rings is 1. The van der Waals surface area contributed by atoms with E-state index in [4.69, 9.17) is 5.11 Å². The van der Waals surface area contributed by atoms with Crippen LogP contribution in [0.15, 0.2) is 71.9 Å². The molecule has 0 spiro atoms. The molecule has 0 aliphatic carbocycles. The van der Waals surface area contributed by atoms with Crippen molar-refractivity contribution >= 4 is 32.7 Å². The van der Waals surface area contributed by atoms with Crippen LogP contribution in [0.25, 0.3) is 22.3 Å². The van der Waals surface area contributed by atoms with Gasteiger partial charge in [-0.05, 0) is 55.0 Å². The largest absolute Gasteiger partial charge is 0.478 e. The number of carbonyl (C=O) groups is 1. The minimum Gasteiger partial charge on any atom is -0.478 e. The summed E-state index contributed by atoms with van der Waals surface area (Å²) in [6.07, 6.45) is 3.19. The lowest BCUT2D eigenvalue weighted by molar-refractivity contribution is 0.0696. The summed E-state index contributed by atoms with van der Waals surface area (Å²) in [5.41, 5.74) is 2.42. The van der Waals surface area contributed by atoms with Crippen molar-refractivity contribution in [2.24, 2.45) is 0 Å². The lowest BCUT2D eigenvalue weighted by Gasteiger charge is -2.12. The standard InChI is InChI=1S/C21H16N4O4S/c1-13-4-2-10-22-18(13)17-12-15-5-3-11-23-19(15)20(24-17)25-30(28,29)16-8-6-14(7-9-16)21(26)27/h2-12H,1H3,(H,24,25)(H,26,27). The number of nitrogens with zero attached hydrogens (tertiary/aromatic N) is 3. The van der Waals surface area contributed by atoms with E-state index in [0.717, 1.165) is 5.56 Å². The fraction of sp³-hybridized carbons (Fsp3) is 0.0476. The zero-order valence-electron chi connectivity index (χ0n) is 15.8. The number of fused-ring (bicyclic) bond motifs is 1. The first-order valence-electron chi connectivity index (χ1n) is 8.89. The normalized spacial score (nSPS) is 11.4. The Labute approximate surface area is 172 Å². The summed E-state index contributed by atoms with van der Waals surface area (Å²) in [5, 5.41) is 9.70. The third kappa shape index (κ3) is 3.70. The van der Waals surface area contributed by atoms with Crippen LogP contribution < -0.4 is 4.72 Å². The third-order valence-corrected chi connectivity index (χ3v) is 5.84. The fourth-order valence-corrected chi connectivity index (χ4v) is 4.00. The Balaban J connectivity index is 1.81. The van der Waals surface area contributed by atoms with Gasteiger partial charge < -0.3 is 5.11 Å². The first kappa shape index (κ1) is 19.5. The van der Waals surface area contributed by atoms with Crippen molar-refractivity contribution in [3.8, 4) is 11.4 Å². The van der Waals surface area contributed by atoms with Gasteiger partial charge in [0.1, 0.15) is 5.52 Å². The molecule has 150 valence electrons. The van der Waals surface area contributed by atoms with Gasteiger partial charge in [-0.2, -0.15) is 0 Å². The van der Waals surface area contributed by atoms with Crippen molar-refractivity contribution in [1.82, 2.24) is 15.0 Å². The van der Waals surface area contributed by atoms with E-state index in [9.17, 15) is 13.2 Å². The molecule has 8 nitrogen and oxygen atoms in total. The van der Waals surface area contributed by atoms with E-state index in [1.807, 2.05) is 25.1 Å². The molecule has 0 aliphatic rings. The number of aromatic carboxylic acids is 1. The minimum absolute atomic E-state index is 0.00758. The molecular weight excluding hydrogens is 404 g/mol. The molecule has 3 heterocycles. The highest BCUT2D eigenvalue weighted by molar-refractivity contribution is 7.92. The van der Waals surface area contributed by atoms with Crippen LogP contribution in [0.1, 0.15) is 15.9 Å². The second kappa shape index (κ2) is 7.53. The number of anilines is 1. The summed E-state index contributed by atoms with van der Waals surface area (Å²) >= 11 is 0. The first-order chi connectivity index (χ1) is 14.3. The molecule has 0 bridgehead atoms. The molecule has 4 aromatic rings. The molecule has 9 heteroatoms. The number of carboxylic acids is 1. The second-order valence-electron chi connectivity index (χ2n) is 6.54. The Bertz CT molecular complexity index is 1370. The first-order valence-corrected chi connectivity index (χ1v) is 10.4. The highest BCUT2D eigenvalue weighted by Crippen LogP contribution is 2.28. The maximum absolute atomic E-state index is 12.9. The van der Waals surface area contributed by atoms with E-state index in [-0.39, 0.29) is 16.3 Å². The molecule has 0 radical (unpaired) electrons. The molecule has 0 unspecified atom stereocenters. The Morgan fingerprint density at radius 1 is 1.00 bits per heavy atom. The zero-order chi connectivity index (χ0) is 21.3. The Morgan fingerprint density at radius 3 is 2.40 bits per heavy atom. The molecule has 3 aromatic heterocycles. The molecule has 1 aromatic carbocycles. The fourth-order valence-electron chi connectivity index (χ4n) is 2.99. The Kier molecular flexibility index (Phi) is 4.88. The SMILES string of the molecule is Cc1cccnc1-c1cc2cccnc2c(NS(=O)(=O)c2ccc(C(=O)O)cc2)n1. The number of pyridine rings is 3. The topological polar surface area (TPSA) is 122 Å². The van der Waals surface area contributed by atoms with Crippen molar-refractivity contribution < 1.29 is 18.3 Å². The molecule has 30 heavy (non-hydrogen) atoms. The monoisotopic (exact) mass is 420 g/mol. The van der Waals surface area contributed by atoms with E-state index in [1.54, 1.807) is 24.5 Å². The van der Waals surface area contributed by atoms with Gasteiger partial charge in [-0.15, -0.1) is 0 Å². The average molecular weight is 420 g/mol. The highest BCUT2D eigenvalue weighted by atomic mass is 32.2. The lowest BCUT2D eigenvalue weighted by atomic mass is 10.1. The van der Waals surface area contributed by atoms with Crippen LogP contribution in [-0.2, 0) is 10.0 Å². The molecule has 0 aliphatic heterocycles. The predicted molar refractivity (Wildman–Crippen MR) is 112 cm³/mol. The van der Waals surface area contributed by atoms with Gasteiger partial charge in [0.15, 0.2) is 5.82 Å². The number of rotatable bonds is 5. The number of aromatic nitrogens is 3.